The van der Waals surface area contributed by atoms with Crippen LogP contribution in [0.25, 0.3) is 0 Å². The minimum Gasteiger partial charge on any atom is -0.115 e. The van der Waals surface area contributed by atoms with Crippen molar-refractivity contribution in [3.63, 3.8) is 0 Å². The van der Waals surface area contributed by atoms with Crippen LogP contribution in [-0.2, 0) is 23.7 Å². The third kappa shape index (κ3) is 11.2. The van der Waals surface area contributed by atoms with E-state index in [0.29, 0.717) is 0 Å². The Morgan fingerprint density at radius 1 is 0.795 bits per heavy atom. The number of hydrogen-bond acceptors (Lipinski definition) is 0. The minimum absolute atomic E-state index is 0. The largest absolute Gasteiger partial charge is 0.115 e. The van der Waals surface area contributed by atoms with Crippen LogP contribution in [0.3, 0.4) is 0 Å². The molecule has 0 saturated heterocycles. The predicted octanol–water partition coefficient (Wildman–Crippen LogP) is 12.7. The van der Waals surface area contributed by atoms with E-state index in [0.717, 1.165) is 29.6 Å². The zero-order valence-corrected chi connectivity index (χ0v) is 28.3. The zero-order chi connectivity index (χ0) is 31.9. The van der Waals surface area contributed by atoms with Crippen molar-refractivity contribution < 1.29 is 0 Å². The second-order valence-corrected chi connectivity index (χ2v) is 14.3. The average molecular weight is 591 g/mol. The molecule has 0 heteroatoms. The van der Waals surface area contributed by atoms with Crippen LogP contribution in [0.5, 0.6) is 0 Å². The van der Waals surface area contributed by atoms with Crippen LogP contribution in [0.2, 0.25) is 0 Å². The van der Waals surface area contributed by atoms with Gasteiger partial charge in [-0.25, -0.2) is 0 Å². The van der Waals surface area contributed by atoms with Crippen molar-refractivity contribution >= 4 is 0 Å². The van der Waals surface area contributed by atoms with Crippen LogP contribution in [0.15, 0.2) is 97.1 Å². The lowest BCUT2D eigenvalue weighted by molar-refractivity contribution is 0.410. The summed E-state index contributed by atoms with van der Waals surface area (Å²) in [5.41, 5.74) is 12.9. The van der Waals surface area contributed by atoms with Crippen molar-refractivity contribution in [1.82, 2.24) is 0 Å². The molecule has 0 N–H and O–H groups in total. The topological polar surface area (TPSA) is 0 Å². The van der Waals surface area contributed by atoms with Gasteiger partial charge in [-0.05, 0) is 102 Å². The fourth-order valence-electron chi connectivity index (χ4n) is 5.71. The molecule has 0 spiro atoms. The standard InChI is InChI=1S/C34H42.C8H12.2CH4/c1-11-26-13-15-27(16-14-26)23-34(10,29-17-12-25(3)31(21-29)33(7,8)9)30-19-24(2)18-28(20-30)22-32(4,5)6;1-5-8(6-2)7(3)4;;/h1,12-21H,22-23H2,2-10H3;5-6H,1,3H2,2,4H3;2*1H4/b;8-6+;;. The van der Waals surface area contributed by atoms with Crippen molar-refractivity contribution in [2.45, 2.75) is 115 Å². The van der Waals surface area contributed by atoms with Gasteiger partial charge in [0, 0.05) is 11.0 Å². The average Bonchev–Trinajstić information content (AvgIpc) is 2.88. The molecule has 0 heterocycles. The van der Waals surface area contributed by atoms with Crippen LogP contribution in [-0.4, -0.2) is 0 Å². The third-order valence-electron chi connectivity index (χ3n) is 7.89. The van der Waals surface area contributed by atoms with Gasteiger partial charge < -0.3 is 0 Å². The summed E-state index contributed by atoms with van der Waals surface area (Å²) in [5, 5.41) is 0. The zero-order valence-electron chi connectivity index (χ0n) is 28.3. The van der Waals surface area contributed by atoms with Crippen LogP contribution in [0.4, 0.5) is 0 Å². The van der Waals surface area contributed by atoms with Crippen LogP contribution in [0, 0.1) is 31.6 Å². The molecule has 3 aromatic rings. The second kappa shape index (κ2) is 16.5. The molecule has 0 aromatic heterocycles. The molecule has 0 amide bonds. The van der Waals surface area contributed by atoms with Gasteiger partial charge in [-0.1, -0.05) is 154 Å². The van der Waals surface area contributed by atoms with E-state index < -0.39 is 0 Å². The molecule has 3 aromatic carbocycles. The quantitative estimate of drug-likeness (QED) is 0.190. The monoisotopic (exact) mass is 590 g/mol. The van der Waals surface area contributed by atoms with Gasteiger partial charge in [0.1, 0.15) is 0 Å². The van der Waals surface area contributed by atoms with Crippen molar-refractivity contribution in [2.24, 2.45) is 5.41 Å². The lowest BCUT2D eigenvalue weighted by Crippen LogP contribution is -2.28. The highest BCUT2D eigenvalue weighted by molar-refractivity contribution is 5.48. The van der Waals surface area contributed by atoms with Gasteiger partial charge in [-0.2, -0.15) is 0 Å². The lowest BCUT2D eigenvalue weighted by atomic mass is 9.69. The number of aryl methyl sites for hydroxylation is 2. The Labute approximate surface area is 273 Å². The first-order chi connectivity index (χ1) is 19.4. The van der Waals surface area contributed by atoms with E-state index in [9.17, 15) is 0 Å². The van der Waals surface area contributed by atoms with Crippen molar-refractivity contribution in [1.29, 1.82) is 0 Å². The summed E-state index contributed by atoms with van der Waals surface area (Å²) >= 11 is 0. The second-order valence-electron chi connectivity index (χ2n) is 14.3. The van der Waals surface area contributed by atoms with Gasteiger partial charge in [-0.15, -0.1) is 6.42 Å². The highest BCUT2D eigenvalue weighted by Crippen LogP contribution is 2.40. The molecule has 1 unspecified atom stereocenters. The number of hydrogen-bond donors (Lipinski definition) is 0. The summed E-state index contributed by atoms with van der Waals surface area (Å²) in [6.07, 6.45) is 11.4. The molecule has 0 saturated carbocycles. The van der Waals surface area contributed by atoms with E-state index >= 15 is 0 Å². The molecule has 44 heavy (non-hydrogen) atoms. The molecule has 0 aliphatic heterocycles. The van der Waals surface area contributed by atoms with E-state index in [2.05, 4.69) is 142 Å². The Kier molecular flexibility index (Phi) is 15.2. The summed E-state index contributed by atoms with van der Waals surface area (Å²) in [7, 11) is 0. The Morgan fingerprint density at radius 3 is 1.82 bits per heavy atom. The summed E-state index contributed by atoms with van der Waals surface area (Å²) in [6.45, 7) is 32.1. The summed E-state index contributed by atoms with van der Waals surface area (Å²) < 4.78 is 0. The van der Waals surface area contributed by atoms with Crippen LogP contribution < -0.4 is 0 Å². The Morgan fingerprint density at radius 2 is 1.39 bits per heavy atom. The van der Waals surface area contributed by atoms with Gasteiger partial charge >= 0.3 is 0 Å². The van der Waals surface area contributed by atoms with Crippen molar-refractivity contribution in [3.8, 4) is 12.3 Å². The molecule has 238 valence electrons. The van der Waals surface area contributed by atoms with E-state index in [-0.39, 0.29) is 31.1 Å². The van der Waals surface area contributed by atoms with Gasteiger partial charge in [0.15, 0.2) is 0 Å². The highest BCUT2D eigenvalue weighted by Gasteiger charge is 2.32. The number of benzene rings is 3. The van der Waals surface area contributed by atoms with E-state index in [1.54, 1.807) is 0 Å². The fourth-order valence-corrected chi connectivity index (χ4v) is 5.71. The molecule has 0 aliphatic rings. The Bertz CT molecular complexity index is 1450. The van der Waals surface area contributed by atoms with Gasteiger partial charge in [0.05, 0.1) is 0 Å². The van der Waals surface area contributed by atoms with E-state index in [1.807, 2.05) is 26.0 Å². The Balaban J connectivity index is 0.00000163. The lowest BCUT2D eigenvalue weighted by Gasteiger charge is -2.34. The molecule has 0 fully saturated rings. The molecule has 0 bridgehead atoms. The van der Waals surface area contributed by atoms with E-state index in [1.165, 1.54) is 38.9 Å². The van der Waals surface area contributed by atoms with Crippen molar-refractivity contribution in [2.75, 3.05) is 0 Å². The minimum atomic E-state index is -0.163. The SMILES string of the molecule is C.C.C#Cc1ccc(CC(C)(c2cc(C)cc(CC(C)(C)C)c2)c2ccc(C)c(C(C)(C)C)c2)cc1.C=C/C(=C\C)C(=C)C. The molecular weight excluding hydrogens is 528 g/mol. The fraction of sp³-hybridized carbons (Fsp3) is 0.409. The van der Waals surface area contributed by atoms with Crippen LogP contribution >= 0.6 is 0 Å². The predicted molar refractivity (Wildman–Crippen MR) is 201 cm³/mol. The smallest absolute Gasteiger partial charge is 0.0242 e. The molecule has 0 nitrogen and oxygen atoms in total. The van der Waals surface area contributed by atoms with Gasteiger partial charge in [-0.3, -0.25) is 0 Å². The van der Waals surface area contributed by atoms with Gasteiger partial charge in [0.2, 0.25) is 0 Å². The first kappa shape index (κ1) is 40.4. The summed E-state index contributed by atoms with van der Waals surface area (Å²) in [5.74, 6) is 2.75. The maximum absolute atomic E-state index is 5.61. The number of terminal acetylenes is 1. The molecule has 3 rings (SSSR count). The molecular formula is C44H62. The maximum Gasteiger partial charge on any atom is 0.0242 e. The highest BCUT2D eigenvalue weighted by atomic mass is 14.4. The first-order valence-electron chi connectivity index (χ1n) is 15.2. The number of rotatable bonds is 7. The summed E-state index contributed by atoms with van der Waals surface area (Å²) in [6, 6.07) is 22.8. The van der Waals surface area contributed by atoms with Crippen LogP contribution in [0.1, 0.15) is 122 Å². The van der Waals surface area contributed by atoms with Crippen molar-refractivity contribution in [3.05, 3.63) is 142 Å². The molecule has 0 radical (unpaired) electrons. The maximum atomic E-state index is 5.61. The van der Waals surface area contributed by atoms with E-state index in [4.69, 9.17) is 6.42 Å². The molecule has 0 aliphatic carbocycles. The Hall–Kier alpha value is -3.56. The van der Waals surface area contributed by atoms with Gasteiger partial charge in [0.25, 0.3) is 0 Å². The normalized spacial score (nSPS) is 12.7. The number of allylic oxidation sites excluding steroid dienone is 4. The third-order valence-corrected chi connectivity index (χ3v) is 7.89. The molecule has 1 atom stereocenters. The summed E-state index contributed by atoms with van der Waals surface area (Å²) in [4.78, 5) is 0. The first-order valence-corrected chi connectivity index (χ1v) is 15.2.